The first-order chi connectivity index (χ1) is 10.5. The highest BCUT2D eigenvalue weighted by Gasteiger charge is 2.32. The molecular formula is C16H19FN2O3. The number of carboxylic acids is 1. The molecule has 1 saturated heterocycles. The molecule has 6 heteroatoms. The number of aliphatic carboxylic acids is 1. The second-order valence-corrected chi connectivity index (χ2v) is 6.01. The highest BCUT2D eigenvalue weighted by Crippen LogP contribution is 2.30. The van der Waals surface area contributed by atoms with Crippen molar-refractivity contribution in [1.29, 1.82) is 0 Å². The quantitative estimate of drug-likeness (QED) is 0.881. The first-order valence-corrected chi connectivity index (χ1v) is 7.61. The summed E-state index contributed by atoms with van der Waals surface area (Å²) in [5, 5.41) is 11.9. The summed E-state index contributed by atoms with van der Waals surface area (Å²) in [4.78, 5) is 24.8. The Hall–Kier alpha value is -2.11. The topological polar surface area (TPSA) is 69.6 Å². The fraction of sp³-hybridized carbons (Fsp3) is 0.500. The van der Waals surface area contributed by atoms with Gasteiger partial charge in [0.25, 0.3) is 0 Å². The second-order valence-electron chi connectivity index (χ2n) is 6.01. The summed E-state index contributed by atoms with van der Waals surface area (Å²) < 4.78 is 13.5. The Balaban J connectivity index is 1.68. The number of nitrogens with zero attached hydrogens (tertiary/aromatic N) is 1. The van der Waals surface area contributed by atoms with Crippen LogP contribution >= 0.6 is 0 Å². The zero-order chi connectivity index (χ0) is 15.7. The number of carbonyl (C=O) groups is 2. The fourth-order valence-corrected chi connectivity index (χ4v) is 3.31. The second kappa shape index (κ2) is 5.94. The Bertz CT molecular complexity index is 605. The van der Waals surface area contributed by atoms with E-state index < -0.39 is 11.9 Å². The molecule has 1 unspecified atom stereocenters. The van der Waals surface area contributed by atoms with Gasteiger partial charge in [-0.25, -0.2) is 9.18 Å². The molecule has 0 aromatic heterocycles. The molecule has 1 aromatic rings. The molecule has 1 aliphatic carbocycles. The SMILES string of the molecule is O=C(O)C1CCN(C(=O)N[C@@H]2CCCc3ccc(F)cc32)C1. The number of likely N-dealkylation sites (tertiary alicyclic amines) is 1. The van der Waals surface area contributed by atoms with Crippen LogP contribution in [0.1, 0.15) is 36.4 Å². The van der Waals surface area contributed by atoms with E-state index in [2.05, 4.69) is 5.32 Å². The molecule has 0 saturated carbocycles. The lowest BCUT2D eigenvalue weighted by Gasteiger charge is -2.28. The lowest BCUT2D eigenvalue weighted by Crippen LogP contribution is -2.41. The van der Waals surface area contributed by atoms with Gasteiger partial charge in [0, 0.05) is 13.1 Å². The largest absolute Gasteiger partial charge is 0.481 e. The fourth-order valence-electron chi connectivity index (χ4n) is 3.31. The zero-order valence-corrected chi connectivity index (χ0v) is 12.2. The van der Waals surface area contributed by atoms with E-state index in [1.165, 1.54) is 17.0 Å². The average molecular weight is 306 g/mol. The van der Waals surface area contributed by atoms with Crippen LogP contribution in [0.2, 0.25) is 0 Å². The van der Waals surface area contributed by atoms with Gasteiger partial charge in [-0.1, -0.05) is 6.07 Å². The Kier molecular flexibility index (Phi) is 4.00. The number of hydrogen-bond donors (Lipinski definition) is 2. The maximum absolute atomic E-state index is 13.5. The minimum atomic E-state index is -0.861. The molecule has 3 rings (SSSR count). The number of rotatable bonds is 2. The van der Waals surface area contributed by atoms with Crippen LogP contribution in [0, 0.1) is 11.7 Å². The Morgan fingerprint density at radius 1 is 1.32 bits per heavy atom. The standard InChI is InChI=1S/C16H19FN2O3/c17-12-5-4-10-2-1-3-14(13(10)8-12)18-16(22)19-7-6-11(9-19)15(20)21/h4-5,8,11,14H,1-3,6-7,9H2,(H,18,22)(H,20,21)/t11?,14-/m1/s1. The van der Waals surface area contributed by atoms with E-state index in [1.807, 2.05) is 0 Å². The van der Waals surface area contributed by atoms with Crippen molar-refractivity contribution in [2.24, 2.45) is 5.92 Å². The number of benzene rings is 1. The predicted octanol–water partition coefficient (Wildman–Crippen LogP) is 2.32. The molecule has 0 radical (unpaired) electrons. The van der Waals surface area contributed by atoms with E-state index in [1.54, 1.807) is 6.07 Å². The molecular weight excluding hydrogens is 287 g/mol. The molecule has 1 heterocycles. The van der Waals surface area contributed by atoms with Crippen molar-refractivity contribution in [3.05, 3.63) is 35.1 Å². The summed E-state index contributed by atoms with van der Waals surface area (Å²) in [5.74, 6) is -1.64. The third-order valence-electron chi connectivity index (χ3n) is 4.54. The Morgan fingerprint density at radius 3 is 2.86 bits per heavy atom. The van der Waals surface area contributed by atoms with E-state index in [9.17, 15) is 14.0 Å². The highest BCUT2D eigenvalue weighted by molar-refractivity contribution is 5.77. The van der Waals surface area contributed by atoms with Crippen LogP contribution < -0.4 is 5.32 Å². The van der Waals surface area contributed by atoms with Crippen molar-refractivity contribution in [3.8, 4) is 0 Å². The number of carboxylic acid groups (broad SMARTS) is 1. The van der Waals surface area contributed by atoms with Crippen LogP contribution in [-0.2, 0) is 11.2 Å². The summed E-state index contributed by atoms with van der Waals surface area (Å²) in [6.07, 6.45) is 3.10. The van der Waals surface area contributed by atoms with Gasteiger partial charge in [-0.2, -0.15) is 0 Å². The van der Waals surface area contributed by atoms with Gasteiger partial charge in [-0.05, 0) is 48.9 Å². The van der Waals surface area contributed by atoms with E-state index in [-0.39, 0.29) is 24.4 Å². The van der Waals surface area contributed by atoms with Gasteiger partial charge in [0.15, 0.2) is 0 Å². The highest BCUT2D eigenvalue weighted by atomic mass is 19.1. The van der Waals surface area contributed by atoms with E-state index in [4.69, 9.17) is 5.11 Å². The van der Waals surface area contributed by atoms with Crippen molar-refractivity contribution >= 4 is 12.0 Å². The van der Waals surface area contributed by atoms with Crippen molar-refractivity contribution in [3.63, 3.8) is 0 Å². The van der Waals surface area contributed by atoms with Gasteiger partial charge < -0.3 is 15.3 Å². The minimum Gasteiger partial charge on any atom is -0.481 e. The molecule has 2 aliphatic rings. The molecule has 2 N–H and O–H groups in total. The van der Waals surface area contributed by atoms with Crippen molar-refractivity contribution in [1.82, 2.24) is 10.2 Å². The van der Waals surface area contributed by atoms with Gasteiger partial charge in [0.05, 0.1) is 12.0 Å². The van der Waals surface area contributed by atoms with Crippen LogP contribution in [0.5, 0.6) is 0 Å². The van der Waals surface area contributed by atoms with E-state index >= 15 is 0 Å². The molecule has 1 fully saturated rings. The number of halogens is 1. The van der Waals surface area contributed by atoms with Crippen LogP contribution in [0.25, 0.3) is 0 Å². The van der Waals surface area contributed by atoms with Crippen LogP contribution in [0.4, 0.5) is 9.18 Å². The summed E-state index contributed by atoms with van der Waals surface area (Å²) in [5.41, 5.74) is 1.91. The van der Waals surface area contributed by atoms with Crippen LogP contribution in [0.3, 0.4) is 0 Å². The molecule has 0 spiro atoms. The first-order valence-electron chi connectivity index (χ1n) is 7.61. The summed E-state index contributed by atoms with van der Waals surface area (Å²) in [6.45, 7) is 0.690. The smallest absolute Gasteiger partial charge is 0.317 e. The molecule has 1 aliphatic heterocycles. The van der Waals surface area contributed by atoms with Crippen molar-refractivity contribution in [2.75, 3.05) is 13.1 Å². The van der Waals surface area contributed by atoms with Crippen molar-refractivity contribution < 1.29 is 19.1 Å². The molecule has 118 valence electrons. The van der Waals surface area contributed by atoms with Crippen molar-refractivity contribution in [2.45, 2.75) is 31.7 Å². The predicted molar refractivity (Wildman–Crippen MR) is 77.9 cm³/mol. The Morgan fingerprint density at radius 2 is 2.14 bits per heavy atom. The normalized spacial score (nSPS) is 24.0. The first kappa shape index (κ1) is 14.8. The third kappa shape index (κ3) is 2.91. The summed E-state index contributed by atoms with van der Waals surface area (Å²) in [6, 6.07) is 4.26. The number of fused-ring (bicyclic) bond motifs is 1. The van der Waals surface area contributed by atoms with Gasteiger partial charge in [-0.3, -0.25) is 4.79 Å². The number of nitrogens with one attached hydrogen (secondary N) is 1. The van der Waals surface area contributed by atoms with Crippen LogP contribution in [0.15, 0.2) is 18.2 Å². The number of amides is 2. The maximum Gasteiger partial charge on any atom is 0.317 e. The summed E-state index contributed by atoms with van der Waals surface area (Å²) >= 11 is 0. The maximum atomic E-state index is 13.5. The third-order valence-corrected chi connectivity index (χ3v) is 4.54. The molecule has 2 amide bonds. The zero-order valence-electron chi connectivity index (χ0n) is 12.2. The van der Waals surface area contributed by atoms with Crippen LogP contribution in [-0.4, -0.2) is 35.1 Å². The lowest BCUT2D eigenvalue weighted by molar-refractivity contribution is -0.141. The van der Waals surface area contributed by atoms with E-state index in [0.29, 0.717) is 13.0 Å². The van der Waals surface area contributed by atoms with Gasteiger partial charge in [-0.15, -0.1) is 0 Å². The molecule has 22 heavy (non-hydrogen) atoms. The lowest BCUT2D eigenvalue weighted by atomic mass is 9.87. The number of urea groups is 1. The monoisotopic (exact) mass is 306 g/mol. The summed E-state index contributed by atoms with van der Waals surface area (Å²) in [7, 11) is 0. The molecule has 2 atom stereocenters. The van der Waals surface area contributed by atoms with Gasteiger partial charge in [0.1, 0.15) is 5.82 Å². The number of carbonyl (C=O) groups excluding carboxylic acids is 1. The van der Waals surface area contributed by atoms with Gasteiger partial charge >= 0.3 is 12.0 Å². The molecule has 0 bridgehead atoms. The average Bonchev–Trinajstić information content (AvgIpc) is 2.98. The molecule has 5 nitrogen and oxygen atoms in total. The Labute approximate surface area is 128 Å². The van der Waals surface area contributed by atoms with E-state index in [0.717, 1.165) is 30.4 Å². The minimum absolute atomic E-state index is 0.198. The number of aryl methyl sites for hydroxylation is 1. The molecule has 1 aromatic carbocycles. The number of hydrogen-bond acceptors (Lipinski definition) is 2. The van der Waals surface area contributed by atoms with Gasteiger partial charge in [0.2, 0.25) is 0 Å².